The minimum absolute atomic E-state index is 0.0582. The molecule has 2 aliphatic rings. The highest BCUT2D eigenvalue weighted by Gasteiger charge is 2.41. The Morgan fingerprint density at radius 3 is 2.55 bits per heavy atom. The molecule has 0 radical (unpaired) electrons. The molecule has 2 aromatic carbocycles. The number of nitrogens with one attached hydrogen (secondary N) is 1. The predicted molar refractivity (Wildman–Crippen MR) is 131 cm³/mol. The quantitative estimate of drug-likeness (QED) is 0.500. The van der Waals surface area contributed by atoms with Crippen LogP contribution in [0.4, 0.5) is 0 Å². The van der Waals surface area contributed by atoms with E-state index in [1.807, 2.05) is 50.2 Å². The molecule has 6 heteroatoms. The van der Waals surface area contributed by atoms with E-state index < -0.39 is 5.92 Å². The Morgan fingerprint density at radius 2 is 1.88 bits per heavy atom. The molecule has 0 unspecified atom stereocenters. The number of ketones is 1. The van der Waals surface area contributed by atoms with Gasteiger partial charge in [-0.15, -0.1) is 0 Å². The Kier molecular flexibility index (Phi) is 7.03. The molecule has 1 heterocycles. The number of benzene rings is 2. The van der Waals surface area contributed by atoms with Gasteiger partial charge in [-0.1, -0.05) is 43.3 Å². The average Bonchev–Trinajstić information content (AvgIpc) is 2.82. The van der Waals surface area contributed by atoms with Crippen LogP contribution in [0.2, 0.25) is 0 Å². The molecule has 0 saturated heterocycles. The van der Waals surface area contributed by atoms with Gasteiger partial charge in [0.05, 0.1) is 23.8 Å². The zero-order valence-corrected chi connectivity index (χ0v) is 20.7. The summed E-state index contributed by atoms with van der Waals surface area (Å²) in [6, 6.07) is 15.8. The van der Waals surface area contributed by atoms with Gasteiger partial charge in [0.2, 0.25) is 0 Å². The van der Waals surface area contributed by atoms with Crippen LogP contribution in [0.25, 0.3) is 0 Å². The molecular formula is C27H28BrNO4. The Morgan fingerprint density at radius 1 is 1.12 bits per heavy atom. The van der Waals surface area contributed by atoms with E-state index in [0.717, 1.165) is 33.4 Å². The molecule has 1 aliphatic carbocycles. The summed E-state index contributed by atoms with van der Waals surface area (Å²) in [6.45, 7) is 4.18. The molecule has 0 saturated carbocycles. The van der Waals surface area contributed by atoms with E-state index in [1.54, 1.807) is 7.11 Å². The summed E-state index contributed by atoms with van der Waals surface area (Å²) < 4.78 is 11.7. The summed E-state index contributed by atoms with van der Waals surface area (Å²) in [5.41, 5.74) is 4.78. The maximum absolute atomic E-state index is 13.6. The van der Waals surface area contributed by atoms with Gasteiger partial charge < -0.3 is 14.8 Å². The molecule has 1 aliphatic heterocycles. The number of ether oxygens (including phenoxy) is 2. The fraction of sp³-hybridized carbons (Fsp3) is 0.333. The maximum atomic E-state index is 13.6. The molecule has 5 nitrogen and oxygen atoms in total. The second kappa shape index (κ2) is 9.96. The van der Waals surface area contributed by atoms with Crippen LogP contribution in [0.15, 0.2) is 75.5 Å². The second-order valence-electron chi connectivity index (χ2n) is 8.46. The van der Waals surface area contributed by atoms with Crippen LogP contribution >= 0.6 is 15.9 Å². The van der Waals surface area contributed by atoms with Gasteiger partial charge in [0, 0.05) is 29.3 Å². The molecule has 33 heavy (non-hydrogen) atoms. The van der Waals surface area contributed by atoms with E-state index in [-0.39, 0.29) is 17.7 Å². The van der Waals surface area contributed by atoms with Gasteiger partial charge in [0.1, 0.15) is 5.75 Å². The first-order valence-corrected chi connectivity index (χ1v) is 12.0. The van der Waals surface area contributed by atoms with Crippen molar-refractivity contribution in [2.45, 2.75) is 44.9 Å². The number of carbonyl (C=O) groups excluding carboxylic acids is 2. The lowest BCUT2D eigenvalue weighted by Crippen LogP contribution is -2.36. The lowest BCUT2D eigenvalue weighted by Gasteiger charge is -2.36. The smallest absolute Gasteiger partial charge is 0.336 e. The Hall–Kier alpha value is -2.86. The lowest BCUT2D eigenvalue weighted by atomic mass is 9.71. The highest BCUT2D eigenvalue weighted by atomic mass is 79.9. The Labute approximate surface area is 203 Å². The van der Waals surface area contributed by atoms with E-state index >= 15 is 0 Å². The van der Waals surface area contributed by atoms with Crippen LogP contribution in [-0.2, 0) is 14.3 Å². The van der Waals surface area contributed by atoms with Crippen molar-refractivity contribution in [3.8, 4) is 5.75 Å². The van der Waals surface area contributed by atoms with Crippen LogP contribution < -0.4 is 10.1 Å². The number of allylic oxidation sites excluding steroid dienone is 3. The summed E-state index contributed by atoms with van der Waals surface area (Å²) in [4.78, 5) is 26.7. The van der Waals surface area contributed by atoms with Gasteiger partial charge in [-0.25, -0.2) is 4.79 Å². The van der Waals surface area contributed by atoms with E-state index in [1.165, 1.54) is 0 Å². The zero-order chi connectivity index (χ0) is 23.5. The van der Waals surface area contributed by atoms with Gasteiger partial charge >= 0.3 is 5.97 Å². The van der Waals surface area contributed by atoms with E-state index in [0.29, 0.717) is 36.3 Å². The molecule has 0 aromatic heterocycles. The first-order valence-electron chi connectivity index (χ1n) is 11.2. The highest BCUT2D eigenvalue weighted by molar-refractivity contribution is 9.10. The summed E-state index contributed by atoms with van der Waals surface area (Å²) in [7, 11) is 1.61. The lowest BCUT2D eigenvalue weighted by molar-refractivity contribution is -0.139. The van der Waals surface area contributed by atoms with Crippen LogP contribution in [0, 0.1) is 0 Å². The van der Waals surface area contributed by atoms with Crippen LogP contribution in [0.5, 0.6) is 5.75 Å². The molecule has 2 atom stereocenters. The number of hydrogen-bond acceptors (Lipinski definition) is 5. The minimum atomic E-state index is -0.489. The zero-order valence-electron chi connectivity index (χ0n) is 19.1. The number of rotatable bonds is 6. The molecule has 0 fully saturated rings. The second-order valence-corrected chi connectivity index (χ2v) is 9.31. The number of esters is 1. The first-order chi connectivity index (χ1) is 15.9. The van der Waals surface area contributed by atoms with Crippen molar-refractivity contribution >= 4 is 27.7 Å². The van der Waals surface area contributed by atoms with Crippen molar-refractivity contribution in [1.82, 2.24) is 5.32 Å². The number of methoxy groups -OCH3 is 1. The van der Waals surface area contributed by atoms with Gasteiger partial charge in [-0.3, -0.25) is 4.79 Å². The number of halogens is 1. The average molecular weight is 510 g/mol. The fourth-order valence-corrected chi connectivity index (χ4v) is 5.30. The van der Waals surface area contributed by atoms with Gasteiger partial charge in [-0.05, 0) is 64.9 Å². The molecule has 2 aromatic rings. The van der Waals surface area contributed by atoms with E-state index in [4.69, 9.17) is 9.47 Å². The number of Topliss-reactive ketones (excluding diaryl/α,β-unsaturated/α-hetero) is 1. The molecule has 1 N–H and O–H groups in total. The van der Waals surface area contributed by atoms with E-state index in [9.17, 15) is 9.59 Å². The van der Waals surface area contributed by atoms with Crippen LogP contribution in [0.1, 0.15) is 56.1 Å². The number of carbonyl (C=O) groups is 2. The summed E-state index contributed by atoms with van der Waals surface area (Å²) in [5, 5.41) is 3.39. The Balaban J connectivity index is 1.80. The third kappa shape index (κ3) is 4.62. The molecule has 172 valence electrons. The van der Waals surface area contributed by atoms with Gasteiger partial charge in [-0.2, -0.15) is 0 Å². The third-order valence-corrected chi connectivity index (χ3v) is 6.88. The normalized spacial score (nSPS) is 20.3. The van der Waals surface area contributed by atoms with Gasteiger partial charge in [0.25, 0.3) is 0 Å². The van der Waals surface area contributed by atoms with Crippen molar-refractivity contribution in [3.05, 3.63) is 86.7 Å². The molecule has 4 rings (SSSR count). The molecule has 0 bridgehead atoms. The van der Waals surface area contributed by atoms with Crippen molar-refractivity contribution in [2.75, 3.05) is 13.7 Å². The number of hydrogen-bond donors (Lipinski definition) is 1. The maximum Gasteiger partial charge on any atom is 0.336 e. The van der Waals surface area contributed by atoms with Crippen LogP contribution in [0.3, 0.4) is 0 Å². The number of dihydropyridines is 1. The molecule has 0 amide bonds. The topological polar surface area (TPSA) is 64.6 Å². The summed E-state index contributed by atoms with van der Waals surface area (Å²) in [5.74, 6) is -0.0189. The third-order valence-electron chi connectivity index (χ3n) is 6.26. The van der Waals surface area contributed by atoms with Crippen molar-refractivity contribution in [1.29, 1.82) is 0 Å². The summed E-state index contributed by atoms with van der Waals surface area (Å²) in [6.07, 6.45) is 1.86. The monoisotopic (exact) mass is 509 g/mol. The summed E-state index contributed by atoms with van der Waals surface area (Å²) >= 11 is 3.56. The molecular weight excluding hydrogens is 482 g/mol. The van der Waals surface area contributed by atoms with Gasteiger partial charge in [0.15, 0.2) is 5.78 Å². The first kappa shape index (κ1) is 23.3. The Bertz CT molecular complexity index is 1140. The van der Waals surface area contributed by atoms with Crippen molar-refractivity contribution < 1.29 is 19.1 Å². The van der Waals surface area contributed by atoms with E-state index in [2.05, 4.69) is 33.4 Å². The predicted octanol–water partition coefficient (Wildman–Crippen LogP) is 5.77. The molecule has 0 spiro atoms. The fourth-order valence-electron chi connectivity index (χ4n) is 4.74. The standard InChI is InChI=1S/C27H28BrNO4/c1-4-12-33-27(31)24-16(2)29-21-14-19(17-8-6-5-7-9-17)15-22(30)26(21)25(24)18-10-11-23(32-3)20(28)13-18/h5-11,13,19,25,29H,4,12,14-15H2,1-3H3/t19-,25-/m0/s1. The highest BCUT2D eigenvalue weighted by Crippen LogP contribution is 2.46. The van der Waals surface area contributed by atoms with Crippen molar-refractivity contribution in [3.63, 3.8) is 0 Å². The van der Waals surface area contributed by atoms with Crippen molar-refractivity contribution in [2.24, 2.45) is 0 Å². The SMILES string of the molecule is CCCOC(=O)C1=C(C)NC2=C(C(=O)C[C@@H](c3ccccc3)C2)[C@H]1c1ccc(OC)c(Br)c1. The van der Waals surface area contributed by atoms with Crippen LogP contribution in [-0.4, -0.2) is 25.5 Å². The largest absolute Gasteiger partial charge is 0.496 e. The minimum Gasteiger partial charge on any atom is -0.496 e.